The second-order valence-corrected chi connectivity index (χ2v) is 8.16. The van der Waals surface area contributed by atoms with Crippen LogP contribution in [0.3, 0.4) is 0 Å². The number of anilines is 1. The van der Waals surface area contributed by atoms with E-state index >= 15 is 0 Å². The predicted octanol–water partition coefficient (Wildman–Crippen LogP) is 3.07. The summed E-state index contributed by atoms with van der Waals surface area (Å²) in [5, 5.41) is 9.10. The molecule has 1 saturated carbocycles. The first-order valence-electron chi connectivity index (χ1n) is 9.55. The van der Waals surface area contributed by atoms with Crippen molar-refractivity contribution >= 4 is 40.3 Å². The Morgan fingerprint density at radius 1 is 1.36 bits per heavy atom. The molecule has 8 nitrogen and oxygen atoms in total. The standard InChI is InChI=1S/C19H24ClN5O3/c1-25(2)9-8-21-16(26)17-22-12-10-11(20)14-13(15(12)28-17)19(24-18(27)23-14)6-4-3-5-7-19/h10H,3-9H2,1-2H3,(H,21,26)(H2,23,24,27). The summed E-state index contributed by atoms with van der Waals surface area (Å²) in [4.78, 5) is 31.1. The molecule has 1 aliphatic carbocycles. The van der Waals surface area contributed by atoms with Gasteiger partial charge in [0.2, 0.25) is 0 Å². The molecule has 3 amide bonds. The average molecular weight is 406 g/mol. The number of benzene rings is 1. The molecular formula is C19H24ClN5O3. The fraction of sp³-hybridized carbons (Fsp3) is 0.526. The Morgan fingerprint density at radius 3 is 2.82 bits per heavy atom. The van der Waals surface area contributed by atoms with Crippen molar-refractivity contribution in [3.63, 3.8) is 0 Å². The molecule has 2 heterocycles. The molecule has 1 fully saturated rings. The Morgan fingerprint density at radius 2 is 2.11 bits per heavy atom. The number of carbonyl (C=O) groups excluding carboxylic acids is 2. The Labute approximate surface area is 168 Å². The molecule has 9 heteroatoms. The van der Waals surface area contributed by atoms with Crippen LogP contribution in [0.2, 0.25) is 5.02 Å². The van der Waals surface area contributed by atoms with Crippen molar-refractivity contribution in [3.8, 4) is 0 Å². The highest BCUT2D eigenvalue weighted by atomic mass is 35.5. The van der Waals surface area contributed by atoms with Crippen molar-refractivity contribution in [2.24, 2.45) is 0 Å². The lowest BCUT2D eigenvalue weighted by atomic mass is 9.74. The van der Waals surface area contributed by atoms with Crippen molar-refractivity contribution in [1.29, 1.82) is 0 Å². The topological polar surface area (TPSA) is 99.5 Å². The molecule has 0 radical (unpaired) electrons. The lowest BCUT2D eigenvalue weighted by Gasteiger charge is -2.42. The lowest BCUT2D eigenvalue weighted by Crippen LogP contribution is -2.52. The summed E-state index contributed by atoms with van der Waals surface area (Å²) >= 11 is 6.47. The number of halogens is 1. The maximum absolute atomic E-state index is 12.5. The molecule has 1 aliphatic heterocycles. The number of aromatic nitrogens is 1. The fourth-order valence-electron chi connectivity index (χ4n) is 4.13. The number of carbonyl (C=O) groups is 2. The molecular weight excluding hydrogens is 382 g/mol. The first kappa shape index (κ1) is 19.0. The smallest absolute Gasteiger partial charge is 0.319 e. The third kappa shape index (κ3) is 3.31. The number of fused-ring (bicyclic) bond motifs is 4. The maximum Gasteiger partial charge on any atom is 0.319 e. The monoisotopic (exact) mass is 405 g/mol. The van der Waals surface area contributed by atoms with Crippen LogP contribution in [-0.2, 0) is 5.54 Å². The van der Waals surface area contributed by atoms with Gasteiger partial charge in [-0.3, -0.25) is 4.79 Å². The van der Waals surface area contributed by atoms with Gasteiger partial charge in [-0.25, -0.2) is 9.78 Å². The van der Waals surface area contributed by atoms with Crippen LogP contribution in [0, 0.1) is 0 Å². The molecule has 2 aromatic rings. The van der Waals surface area contributed by atoms with Crippen LogP contribution in [-0.4, -0.2) is 49.0 Å². The second-order valence-electron chi connectivity index (χ2n) is 7.76. The highest BCUT2D eigenvalue weighted by Gasteiger charge is 2.44. The van der Waals surface area contributed by atoms with Crippen molar-refractivity contribution in [2.75, 3.05) is 32.5 Å². The van der Waals surface area contributed by atoms with E-state index in [4.69, 9.17) is 16.0 Å². The minimum absolute atomic E-state index is 0.00100. The number of urea groups is 1. The molecule has 4 rings (SSSR count). The number of nitrogens with zero attached hydrogens (tertiary/aromatic N) is 2. The quantitative estimate of drug-likeness (QED) is 0.725. The molecule has 1 spiro atoms. The van der Waals surface area contributed by atoms with E-state index in [0.717, 1.165) is 37.7 Å². The first-order valence-corrected chi connectivity index (χ1v) is 9.93. The molecule has 2 aliphatic rings. The maximum atomic E-state index is 12.5. The summed E-state index contributed by atoms with van der Waals surface area (Å²) in [6.45, 7) is 1.21. The predicted molar refractivity (Wildman–Crippen MR) is 107 cm³/mol. The van der Waals surface area contributed by atoms with Crippen molar-refractivity contribution < 1.29 is 14.0 Å². The average Bonchev–Trinajstić information content (AvgIpc) is 3.05. The van der Waals surface area contributed by atoms with Gasteiger partial charge in [-0.1, -0.05) is 30.9 Å². The minimum Gasteiger partial charge on any atom is -0.432 e. The zero-order chi connectivity index (χ0) is 19.9. The number of nitrogens with one attached hydrogen (secondary N) is 3. The molecule has 0 bridgehead atoms. The van der Waals surface area contributed by atoms with E-state index in [2.05, 4.69) is 20.9 Å². The van der Waals surface area contributed by atoms with Gasteiger partial charge in [0.1, 0.15) is 5.52 Å². The van der Waals surface area contributed by atoms with Gasteiger partial charge >= 0.3 is 11.9 Å². The van der Waals surface area contributed by atoms with Crippen LogP contribution in [0.25, 0.3) is 11.1 Å². The van der Waals surface area contributed by atoms with Gasteiger partial charge in [0.25, 0.3) is 5.89 Å². The minimum atomic E-state index is -0.544. The molecule has 0 unspecified atom stereocenters. The van der Waals surface area contributed by atoms with Crippen LogP contribution in [0.15, 0.2) is 10.5 Å². The molecule has 1 aromatic carbocycles. The largest absolute Gasteiger partial charge is 0.432 e. The Kier molecular flexibility index (Phi) is 4.93. The summed E-state index contributed by atoms with van der Waals surface area (Å²) in [6, 6.07) is 1.37. The molecule has 1 aromatic heterocycles. The van der Waals surface area contributed by atoms with Crippen LogP contribution in [0.1, 0.15) is 48.4 Å². The number of hydrogen-bond acceptors (Lipinski definition) is 5. The number of amides is 3. The second kappa shape index (κ2) is 7.25. The number of oxazole rings is 1. The SMILES string of the molecule is CN(C)CCNC(=O)c1nc2cc(Cl)c3c(c2o1)C1(CCCCC1)NC(=O)N3. The van der Waals surface area contributed by atoms with E-state index in [1.165, 1.54) is 0 Å². The van der Waals surface area contributed by atoms with Crippen molar-refractivity contribution in [2.45, 2.75) is 37.6 Å². The van der Waals surface area contributed by atoms with Crippen molar-refractivity contribution in [1.82, 2.24) is 20.5 Å². The lowest BCUT2D eigenvalue weighted by molar-refractivity contribution is 0.0918. The van der Waals surface area contributed by atoms with Gasteiger partial charge in [0, 0.05) is 18.7 Å². The normalized spacial score (nSPS) is 18.1. The molecule has 3 N–H and O–H groups in total. The Balaban J connectivity index is 1.77. The van der Waals surface area contributed by atoms with Gasteiger partial charge in [-0.2, -0.15) is 0 Å². The van der Waals surface area contributed by atoms with Crippen molar-refractivity contribution in [3.05, 3.63) is 22.5 Å². The molecule has 0 atom stereocenters. The van der Waals surface area contributed by atoms with Crippen LogP contribution in [0.5, 0.6) is 0 Å². The van der Waals surface area contributed by atoms with Crippen LogP contribution < -0.4 is 16.0 Å². The fourth-order valence-corrected chi connectivity index (χ4v) is 4.38. The Bertz CT molecular complexity index is 933. The third-order valence-electron chi connectivity index (χ3n) is 5.45. The summed E-state index contributed by atoms with van der Waals surface area (Å²) < 4.78 is 5.92. The Hall–Kier alpha value is -2.32. The summed E-state index contributed by atoms with van der Waals surface area (Å²) in [5.41, 5.74) is 1.83. The van der Waals surface area contributed by atoms with Crippen LogP contribution >= 0.6 is 11.6 Å². The number of likely N-dealkylation sites (N-methyl/N-ethyl adjacent to an activating group) is 1. The molecule has 0 saturated heterocycles. The van der Waals surface area contributed by atoms with Crippen LogP contribution in [0.4, 0.5) is 10.5 Å². The molecule has 150 valence electrons. The zero-order valence-corrected chi connectivity index (χ0v) is 16.8. The number of rotatable bonds is 4. The van der Waals surface area contributed by atoms with Gasteiger partial charge in [-0.05, 0) is 33.0 Å². The van der Waals surface area contributed by atoms with Gasteiger partial charge in [-0.15, -0.1) is 0 Å². The van der Waals surface area contributed by atoms with E-state index in [-0.39, 0.29) is 17.8 Å². The summed E-state index contributed by atoms with van der Waals surface area (Å²) in [7, 11) is 3.87. The van der Waals surface area contributed by atoms with E-state index in [9.17, 15) is 9.59 Å². The summed E-state index contributed by atoms with van der Waals surface area (Å²) in [6.07, 6.45) is 4.72. The number of hydrogen-bond donors (Lipinski definition) is 3. The van der Waals surface area contributed by atoms with E-state index in [1.807, 2.05) is 19.0 Å². The van der Waals surface area contributed by atoms with Gasteiger partial charge in [0.05, 0.1) is 16.2 Å². The molecule has 28 heavy (non-hydrogen) atoms. The van der Waals surface area contributed by atoms with E-state index in [1.54, 1.807) is 6.07 Å². The van der Waals surface area contributed by atoms with E-state index in [0.29, 0.717) is 34.9 Å². The third-order valence-corrected chi connectivity index (χ3v) is 5.75. The summed E-state index contributed by atoms with van der Waals surface area (Å²) in [5.74, 6) is -0.366. The van der Waals surface area contributed by atoms with Gasteiger partial charge < -0.3 is 25.3 Å². The highest BCUT2D eigenvalue weighted by Crippen LogP contribution is 2.48. The van der Waals surface area contributed by atoms with E-state index < -0.39 is 5.54 Å². The highest BCUT2D eigenvalue weighted by molar-refractivity contribution is 6.35. The zero-order valence-electron chi connectivity index (χ0n) is 16.0. The first-order chi connectivity index (χ1) is 13.4. The van der Waals surface area contributed by atoms with Gasteiger partial charge in [0.15, 0.2) is 5.58 Å².